The predicted octanol–water partition coefficient (Wildman–Crippen LogP) is 1.91. The first-order valence-corrected chi connectivity index (χ1v) is 5.00. The van der Waals surface area contributed by atoms with Gasteiger partial charge >= 0.3 is 5.97 Å². The molecule has 1 rings (SSSR count). The summed E-state index contributed by atoms with van der Waals surface area (Å²) in [4.78, 5) is 11.0. The zero-order valence-corrected chi connectivity index (χ0v) is 10.7. The summed E-state index contributed by atoms with van der Waals surface area (Å²) in [5.41, 5.74) is 6.63. The van der Waals surface area contributed by atoms with Crippen LogP contribution in [-0.4, -0.2) is 19.1 Å². The smallest absolute Gasteiger partial charge is 0.322 e. The maximum absolute atomic E-state index is 11.0. The Morgan fingerprint density at radius 1 is 1.47 bits per heavy atom. The number of ether oxygens (including phenoxy) is 1. The molecule has 0 heterocycles. The van der Waals surface area contributed by atoms with Crippen molar-refractivity contribution in [2.45, 2.75) is 12.5 Å². The standard InChI is InChI=1S/C10H12BrNO2.ClH/c1-14-10(13)9(12)6-7-2-4-8(11)5-3-7;/h2-5,9H,6,12H2,1H3;1H/t9-;/m1./s1. The average molecular weight is 295 g/mol. The SMILES string of the molecule is COC(=O)[C@H](N)Cc1ccc(Br)cc1.Cl. The third-order valence-corrected chi connectivity index (χ3v) is 2.40. The van der Waals surface area contributed by atoms with Gasteiger partial charge in [-0.15, -0.1) is 12.4 Å². The van der Waals surface area contributed by atoms with Crippen LogP contribution in [0.15, 0.2) is 28.7 Å². The van der Waals surface area contributed by atoms with E-state index in [2.05, 4.69) is 20.7 Å². The number of benzene rings is 1. The summed E-state index contributed by atoms with van der Waals surface area (Å²) < 4.78 is 5.54. The van der Waals surface area contributed by atoms with Gasteiger partial charge in [-0.2, -0.15) is 0 Å². The number of carbonyl (C=O) groups excluding carboxylic acids is 1. The highest BCUT2D eigenvalue weighted by molar-refractivity contribution is 9.10. The van der Waals surface area contributed by atoms with Gasteiger partial charge in [0.05, 0.1) is 7.11 Å². The van der Waals surface area contributed by atoms with Crippen molar-refractivity contribution >= 4 is 34.3 Å². The van der Waals surface area contributed by atoms with E-state index in [9.17, 15) is 4.79 Å². The van der Waals surface area contributed by atoms with Gasteiger partial charge in [0.1, 0.15) is 6.04 Å². The largest absolute Gasteiger partial charge is 0.468 e. The molecule has 1 aromatic rings. The Balaban J connectivity index is 0.00000196. The summed E-state index contributed by atoms with van der Waals surface area (Å²) in [6.07, 6.45) is 0.500. The zero-order chi connectivity index (χ0) is 10.6. The molecule has 0 radical (unpaired) electrons. The minimum Gasteiger partial charge on any atom is -0.468 e. The van der Waals surface area contributed by atoms with Gasteiger partial charge in [-0.05, 0) is 24.1 Å². The predicted molar refractivity (Wildman–Crippen MR) is 65.1 cm³/mol. The van der Waals surface area contributed by atoms with Crippen molar-refractivity contribution < 1.29 is 9.53 Å². The second kappa shape index (κ2) is 6.82. The van der Waals surface area contributed by atoms with Crippen LogP contribution in [0.3, 0.4) is 0 Å². The third-order valence-electron chi connectivity index (χ3n) is 1.87. The van der Waals surface area contributed by atoms with E-state index in [0.717, 1.165) is 10.0 Å². The number of hydrogen-bond donors (Lipinski definition) is 1. The molecule has 84 valence electrons. The van der Waals surface area contributed by atoms with Gasteiger partial charge in [0.2, 0.25) is 0 Å². The van der Waals surface area contributed by atoms with Gasteiger partial charge < -0.3 is 10.5 Å². The van der Waals surface area contributed by atoms with E-state index in [1.807, 2.05) is 24.3 Å². The molecule has 0 unspecified atom stereocenters. The Labute approximate surface area is 104 Å². The number of carbonyl (C=O) groups is 1. The van der Waals surface area contributed by atoms with Crippen molar-refractivity contribution in [1.82, 2.24) is 0 Å². The molecule has 2 N–H and O–H groups in total. The van der Waals surface area contributed by atoms with E-state index in [1.165, 1.54) is 7.11 Å². The van der Waals surface area contributed by atoms with Gasteiger partial charge in [0.25, 0.3) is 0 Å². The summed E-state index contributed by atoms with van der Waals surface area (Å²) in [6.45, 7) is 0. The molecule has 0 aromatic heterocycles. The monoisotopic (exact) mass is 293 g/mol. The fourth-order valence-electron chi connectivity index (χ4n) is 1.11. The number of nitrogens with two attached hydrogens (primary N) is 1. The van der Waals surface area contributed by atoms with Crippen molar-refractivity contribution in [2.24, 2.45) is 5.73 Å². The van der Waals surface area contributed by atoms with Crippen LogP contribution in [0, 0.1) is 0 Å². The first kappa shape index (κ1) is 14.4. The van der Waals surface area contributed by atoms with Crippen LogP contribution in [0.4, 0.5) is 0 Å². The fraction of sp³-hybridized carbons (Fsp3) is 0.300. The highest BCUT2D eigenvalue weighted by Gasteiger charge is 2.13. The molecule has 0 bridgehead atoms. The Kier molecular flexibility index (Phi) is 6.56. The molecule has 3 nitrogen and oxygen atoms in total. The third kappa shape index (κ3) is 4.64. The molecule has 0 saturated heterocycles. The lowest BCUT2D eigenvalue weighted by Gasteiger charge is -2.08. The molecular formula is C10H13BrClNO2. The molecule has 0 saturated carbocycles. The molecule has 0 aliphatic heterocycles. The van der Waals surface area contributed by atoms with E-state index in [0.29, 0.717) is 6.42 Å². The highest BCUT2D eigenvalue weighted by atomic mass is 79.9. The van der Waals surface area contributed by atoms with Gasteiger partial charge in [-0.3, -0.25) is 4.79 Å². The normalized spacial score (nSPS) is 11.4. The molecule has 1 atom stereocenters. The summed E-state index contributed by atoms with van der Waals surface area (Å²) in [7, 11) is 1.34. The number of halogens is 2. The highest BCUT2D eigenvalue weighted by Crippen LogP contribution is 2.11. The Morgan fingerprint density at radius 2 is 2.00 bits per heavy atom. The lowest BCUT2D eigenvalue weighted by molar-refractivity contribution is -0.142. The minimum atomic E-state index is -0.582. The summed E-state index contributed by atoms with van der Waals surface area (Å²) in [5, 5.41) is 0. The van der Waals surface area contributed by atoms with E-state index < -0.39 is 6.04 Å². The lowest BCUT2D eigenvalue weighted by atomic mass is 10.1. The van der Waals surface area contributed by atoms with Crippen molar-refractivity contribution in [2.75, 3.05) is 7.11 Å². The Bertz CT molecular complexity index is 316. The van der Waals surface area contributed by atoms with Gasteiger partial charge in [-0.25, -0.2) is 0 Å². The van der Waals surface area contributed by atoms with Gasteiger partial charge in [0, 0.05) is 4.47 Å². The molecular weight excluding hydrogens is 281 g/mol. The number of methoxy groups -OCH3 is 1. The van der Waals surface area contributed by atoms with Gasteiger partial charge in [-0.1, -0.05) is 28.1 Å². The Morgan fingerprint density at radius 3 is 2.47 bits per heavy atom. The first-order valence-electron chi connectivity index (χ1n) is 4.21. The van der Waals surface area contributed by atoms with Crippen LogP contribution in [-0.2, 0) is 16.0 Å². The molecule has 0 aliphatic rings. The van der Waals surface area contributed by atoms with E-state index >= 15 is 0 Å². The van der Waals surface area contributed by atoms with Crippen LogP contribution in [0.1, 0.15) is 5.56 Å². The van der Waals surface area contributed by atoms with E-state index in [4.69, 9.17) is 5.73 Å². The summed E-state index contributed by atoms with van der Waals surface area (Å²) >= 11 is 3.33. The second-order valence-electron chi connectivity index (χ2n) is 2.96. The minimum absolute atomic E-state index is 0. The number of rotatable bonds is 3. The van der Waals surface area contributed by atoms with Crippen molar-refractivity contribution in [3.63, 3.8) is 0 Å². The van der Waals surface area contributed by atoms with Crippen LogP contribution in [0.2, 0.25) is 0 Å². The van der Waals surface area contributed by atoms with Crippen LogP contribution in [0.5, 0.6) is 0 Å². The summed E-state index contributed by atoms with van der Waals surface area (Å²) in [5.74, 6) is -0.382. The summed E-state index contributed by atoms with van der Waals surface area (Å²) in [6, 6.07) is 7.10. The topological polar surface area (TPSA) is 52.3 Å². The molecule has 5 heteroatoms. The molecule has 1 aromatic carbocycles. The zero-order valence-electron chi connectivity index (χ0n) is 8.27. The van der Waals surface area contributed by atoms with Crippen molar-refractivity contribution in [3.8, 4) is 0 Å². The number of esters is 1. The van der Waals surface area contributed by atoms with E-state index in [-0.39, 0.29) is 18.4 Å². The maximum Gasteiger partial charge on any atom is 0.322 e. The van der Waals surface area contributed by atoms with Gasteiger partial charge in [0.15, 0.2) is 0 Å². The fourth-order valence-corrected chi connectivity index (χ4v) is 1.37. The second-order valence-corrected chi connectivity index (χ2v) is 3.88. The molecule has 0 amide bonds. The van der Waals surface area contributed by atoms with Crippen LogP contribution < -0.4 is 5.73 Å². The van der Waals surface area contributed by atoms with E-state index in [1.54, 1.807) is 0 Å². The lowest BCUT2D eigenvalue weighted by Crippen LogP contribution is -2.33. The first-order chi connectivity index (χ1) is 6.63. The van der Waals surface area contributed by atoms with Crippen LogP contribution >= 0.6 is 28.3 Å². The van der Waals surface area contributed by atoms with Crippen LogP contribution in [0.25, 0.3) is 0 Å². The van der Waals surface area contributed by atoms with Crippen molar-refractivity contribution in [1.29, 1.82) is 0 Å². The average Bonchev–Trinajstić information content (AvgIpc) is 2.20. The molecule has 0 spiro atoms. The Hall–Kier alpha value is -0.580. The molecule has 0 aliphatic carbocycles. The van der Waals surface area contributed by atoms with Crippen molar-refractivity contribution in [3.05, 3.63) is 34.3 Å². The molecule has 0 fully saturated rings. The quantitative estimate of drug-likeness (QED) is 0.867. The number of hydrogen-bond acceptors (Lipinski definition) is 3. The maximum atomic E-state index is 11.0. The molecule has 15 heavy (non-hydrogen) atoms.